The van der Waals surface area contributed by atoms with Gasteiger partial charge in [-0.05, 0) is 12.1 Å². The second kappa shape index (κ2) is 3.89. The van der Waals surface area contributed by atoms with E-state index in [1.165, 1.54) is 0 Å². The molecule has 5 heteroatoms. The molecule has 0 radical (unpaired) electrons. The Labute approximate surface area is 87.0 Å². The molecular formula is C9H10N2O2S. The minimum Gasteiger partial charge on any atom is -0.483 e. The fourth-order valence-corrected chi connectivity index (χ4v) is 1.29. The molecule has 0 bridgehead atoms. The predicted molar refractivity (Wildman–Crippen MR) is 55.4 cm³/mol. The number of ether oxygens (including phenoxy) is 2. The summed E-state index contributed by atoms with van der Waals surface area (Å²) in [6.07, 6.45) is 1.74. The molecule has 0 amide bonds. The Hall–Kier alpha value is -1.20. The van der Waals surface area contributed by atoms with Gasteiger partial charge in [0.15, 0.2) is 0 Å². The van der Waals surface area contributed by atoms with Crippen molar-refractivity contribution in [3.8, 4) is 5.75 Å². The molecule has 1 aromatic rings. The lowest BCUT2D eigenvalue weighted by Crippen LogP contribution is -2.39. The molecule has 0 spiro atoms. The fourth-order valence-electron chi connectivity index (χ4n) is 1.13. The molecule has 1 aliphatic rings. The van der Waals surface area contributed by atoms with Crippen molar-refractivity contribution in [2.24, 2.45) is 5.73 Å². The molecule has 1 aliphatic heterocycles. The summed E-state index contributed by atoms with van der Waals surface area (Å²) in [5.74, 6) is 0.633. The van der Waals surface area contributed by atoms with Crippen molar-refractivity contribution >= 4 is 17.2 Å². The van der Waals surface area contributed by atoms with Crippen molar-refractivity contribution in [1.82, 2.24) is 4.98 Å². The van der Waals surface area contributed by atoms with Gasteiger partial charge in [-0.25, -0.2) is 4.98 Å². The van der Waals surface area contributed by atoms with Gasteiger partial charge in [-0.3, -0.25) is 0 Å². The molecule has 1 aromatic heterocycles. The number of hydrogen-bond donors (Lipinski definition) is 1. The van der Waals surface area contributed by atoms with E-state index in [0.717, 1.165) is 0 Å². The second-order valence-corrected chi connectivity index (χ2v) is 3.43. The summed E-state index contributed by atoms with van der Waals surface area (Å²) in [7, 11) is 0. The Kier molecular flexibility index (Phi) is 2.60. The molecule has 0 unspecified atom stereocenters. The first-order valence-electron chi connectivity index (χ1n) is 4.26. The van der Waals surface area contributed by atoms with Crippen LogP contribution in [0.15, 0.2) is 18.3 Å². The van der Waals surface area contributed by atoms with E-state index < -0.39 is 0 Å². The summed E-state index contributed by atoms with van der Waals surface area (Å²) in [5, 5.41) is 0. The first kappa shape index (κ1) is 9.36. The average Bonchev–Trinajstić information content (AvgIpc) is 2.12. The minimum absolute atomic E-state index is 0.104. The van der Waals surface area contributed by atoms with Crippen LogP contribution in [-0.4, -0.2) is 29.3 Å². The quantitative estimate of drug-likeness (QED) is 0.736. The maximum absolute atomic E-state index is 5.59. The monoisotopic (exact) mass is 210 g/mol. The summed E-state index contributed by atoms with van der Waals surface area (Å²) in [6, 6.07) is 3.59. The lowest BCUT2D eigenvalue weighted by Gasteiger charge is -2.27. The molecule has 0 aromatic carbocycles. The fraction of sp³-hybridized carbons (Fsp3) is 0.333. The van der Waals surface area contributed by atoms with Gasteiger partial charge in [-0.2, -0.15) is 0 Å². The van der Waals surface area contributed by atoms with Crippen LogP contribution in [0.1, 0.15) is 5.69 Å². The lowest BCUT2D eigenvalue weighted by molar-refractivity contribution is -0.0798. The molecule has 4 nitrogen and oxygen atoms in total. The Morgan fingerprint density at radius 2 is 2.43 bits per heavy atom. The Balaban J connectivity index is 2.17. The minimum atomic E-state index is 0.104. The van der Waals surface area contributed by atoms with Gasteiger partial charge in [-0.1, -0.05) is 12.2 Å². The van der Waals surface area contributed by atoms with Crippen molar-refractivity contribution in [2.75, 3.05) is 13.2 Å². The smallest absolute Gasteiger partial charge is 0.148 e. The SMILES string of the molecule is NC(=S)c1ncccc1OC1COC1. The molecule has 1 fully saturated rings. The van der Waals surface area contributed by atoms with Crippen molar-refractivity contribution in [3.05, 3.63) is 24.0 Å². The standard InChI is InChI=1S/C9H10N2O2S/c10-9(14)8-7(2-1-3-11-8)13-6-4-12-5-6/h1-3,6H,4-5H2,(H2,10,14). The summed E-state index contributed by atoms with van der Waals surface area (Å²) >= 11 is 4.86. The van der Waals surface area contributed by atoms with Gasteiger partial charge in [0.25, 0.3) is 0 Å². The first-order chi connectivity index (χ1) is 6.77. The van der Waals surface area contributed by atoms with Gasteiger partial charge in [0.1, 0.15) is 22.5 Å². The molecule has 2 N–H and O–H groups in total. The molecule has 0 aliphatic carbocycles. The number of pyridine rings is 1. The van der Waals surface area contributed by atoms with Crippen LogP contribution in [0.4, 0.5) is 0 Å². The average molecular weight is 210 g/mol. The van der Waals surface area contributed by atoms with E-state index in [4.69, 9.17) is 27.4 Å². The van der Waals surface area contributed by atoms with Crippen LogP contribution in [0.25, 0.3) is 0 Å². The highest BCUT2D eigenvalue weighted by Crippen LogP contribution is 2.19. The summed E-state index contributed by atoms with van der Waals surface area (Å²) in [6.45, 7) is 1.23. The highest BCUT2D eigenvalue weighted by atomic mass is 32.1. The van der Waals surface area contributed by atoms with E-state index >= 15 is 0 Å². The van der Waals surface area contributed by atoms with Gasteiger partial charge in [-0.15, -0.1) is 0 Å². The number of rotatable bonds is 3. The Bertz CT molecular complexity index is 352. The van der Waals surface area contributed by atoms with Crippen molar-refractivity contribution in [2.45, 2.75) is 6.10 Å². The topological polar surface area (TPSA) is 57.4 Å². The van der Waals surface area contributed by atoms with E-state index in [2.05, 4.69) is 4.98 Å². The largest absolute Gasteiger partial charge is 0.483 e. The maximum atomic E-state index is 5.59. The van der Waals surface area contributed by atoms with E-state index in [-0.39, 0.29) is 11.1 Å². The highest BCUT2D eigenvalue weighted by molar-refractivity contribution is 7.80. The zero-order valence-electron chi connectivity index (χ0n) is 7.47. The zero-order chi connectivity index (χ0) is 9.97. The third kappa shape index (κ3) is 1.83. The molecule has 2 rings (SSSR count). The number of nitrogens with zero attached hydrogens (tertiary/aromatic N) is 1. The third-order valence-electron chi connectivity index (χ3n) is 1.91. The second-order valence-electron chi connectivity index (χ2n) is 2.99. The van der Waals surface area contributed by atoms with Crippen LogP contribution >= 0.6 is 12.2 Å². The molecule has 0 atom stereocenters. The first-order valence-corrected chi connectivity index (χ1v) is 4.67. The molecule has 1 saturated heterocycles. The van der Waals surface area contributed by atoms with E-state index in [0.29, 0.717) is 24.7 Å². The van der Waals surface area contributed by atoms with Crippen molar-refractivity contribution in [3.63, 3.8) is 0 Å². The molecule has 2 heterocycles. The summed E-state index contributed by atoms with van der Waals surface area (Å²) < 4.78 is 10.6. The number of aromatic nitrogens is 1. The number of hydrogen-bond acceptors (Lipinski definition) is 4. The van der Waals surface area contributed by atoms with Gasteiger partial charge in [0, 0.05) is 6.20 Å². The van der Waals surface area contributed by atoms with Crippen LogP contribution in [-0.2, 0) is 4.74 Å². The van der Waals surface area contributed by atoms with E-state index in [9.17, 15) is 0 Å². The Morgan fingerprint density at radius 3 is 3.00 bits per heavy atom. The van der Waals surface area contributed by atoms with Crippen LogP contribution in [0.3, 0.4) is 0 Å². The van der Waals surface area contributed by atoms with Crippen molar-refractivity contribution in [1.29, 1.82) is 0 Å². The van der Waals surface area contributed by atoms with Gasteiger partial charge >= 0.3 is 0 Å². The molecule has 74 valence electrons. The predicted octanol–water partition coefficient (Wildman–Crippen LogP) is 0.493. The normalized spacial score (nSPS) is 16.0. The van der Waals surface area contributed by atoms with Crippen LogP contribution in [0.2, 0.25) is 0 Å². The van der Waals surface area contributed by atoms with Gasteiger partial charge < -0.3 is 15.2 Å². The van der Waals surface area contributed by atoms with Gasteiger partial charge in [0.2, 0.25) is 0 Å². The summed E-state index contributed by atoms with van der Waals surface area (Å²) in [4.78, 5) is 4.31. The van der Waals surface area contributed by atoms with Crippen LogP contribution < -0.4 is 10.5 Å². The van der Waals surface area contributed by atoms with E-state index in [1.807, 2.05) is 0 Å². The number of thiocarbonyl (C=S) groups is 1. The maximum Gasteiger partial charge on any atom is 0.148 e. The van der Waals surface area contributed by atoms with Crippen LogP contribution in [0, 0.1) is 0 Å². The van der Waals surface area contributed by atoms with Crippen molar-refractivity contribution < 1.29 is 9.47 Å². The third-order valence-corrected chi connectivity index (χ3v) is 2.10. The number of nitrogens with two attached hydrogens (primary N) is 1. The molecule has 0 saturated carbocycles. The molecule has 14 heavy (non-hydrogen) atoms. The van der Waals surface area contributed by atoms with E-state index in [1.54, 1.807) is 18.3 Å². The van der Waals surface area contributed by atoms with Gasteiger partial charge in [0.05, 0.1) is 13.2 Å². The Morgan fingerprint density at radius 1 is 1.64 bits per heavy atom. The lowest BCUT2D eigenvalue weighted by atomic mass is 10.3. The molecular weight excluding hydrogens is 200 g/mol. The zero-order valence-corrected chi connectivity index (χ0v) is 8.29. The summed E-state index contributed by atoms with van der Waals surface area (Å²) in [5.41, 5.74) is 6.04. The van der Waals surface area contributed by atoms with Crippen LogP contribution in [0.5, 0.6) is 5.75 Å². The highest BCUT2D eigenvalue weighted by Gasteiger charge is 2.21.